The van der Waals surface area contributed by atoms with Crippen LogP contribution in [0.1, 0.15) is 41.7 Å². The lowest BCUT2D eigenvalue weighted by Gasteiger charge is -2.09. The Labute approximate surface area is 124 Å². The Morgan fingerprint density at radius 1 is 1.10 bits per heavy atom. The highest BCUT2D eigenvalue weighted by molar-refractivity contribution is 6.16. The van der Waals surface area contributed by atoms with Crippen molar-refractivity contribution in [3.8, 4) is 0 Å². The van der Waals surface area contributed by atoms with Gasteiger partial charge in [0, 0.05) is 12.5 Å². The number of benzene rings is 1. The summed E-state index contributed by atoms with van der Waals surface area (Å²) in [6.07, 6.45) is -1.71. The molecule has 0 aliphatic heterocycles. The Morgan fingerprint density at radius 3 is 2.24 bits per heavy atom. The monoisotopic (exact) mass is 315 g/mol. The summed E-state index contributed by atoms with van der Waals surface area (Å²) in [6, 6.07) is 5.54. The predicted octanol–water partition coefficient (Wildman–Crippen LogP) is 3.96. The van der Waals surface area contributed by atoms with E-state index in [4.69, 9.17) is 11.6 Å². The molecule has 1 fully saturated rings. The van der Waals surface area contributed by atoms with Crippen LogP contribution in [0.15, 0.2) is 24.3 Å². The lowest BCUT2D eigenvalue weighted by atomic mass is 10.1. The van der Waals surface area contributed by atoms with Crippen LogP contribution in [0.25, 0.3) is 0 Å². The predicted molar refractivity (Wildman–Crippen MR) is 72.1 cm³/mol. The van der Waals surface area contributed by atoms with Crippen LogP contribution < -0.4 is 0 Å². The third-order valence-corrected chi connectivity index (χ3v) is 3.75. The molecule has 2 aromatic rings. The normalized spacial score (nSPS) is 15.4. The van der Waals surface area contributed by atoms with Crippen LogP contribution in [0.3, 0.4) is 0 Å². The summed E-state index contributed by atoms with van der Waals surface area (Å²) in [7, 11) is 0. The molecule has 1 saturated carbocycles. The van der Waals surface area contributed by atoms with Gasteiger partial charge < -0.3 is 4.57 Å². The average Bonchev–Trinajstić information content (AvgIpc) is 3.20. The quantitative estimate of drug-likeness (QED) is 0.800. The number of hydrogen-bond donors (Lipinski definition) is 0. The molecule has 0 spiro atoms. The molecule has 1 aromatic carbocycles. The Morgan fingerprint density at radius 2 is 1.71 bits per heavy atom. The van der Waals surface area contributed by atoms with Gasteiger partial charge in [0.15, 0.2) is 0 Å². The van der Waals surface area contributed by atoms with Crippen LogP contribution >= 0.6 is 11.6 Å². The standard InChI is InChI=1S/C14H13ClF3N3/c15-8-13-20-19-12(21(13)11-5-6-11)7-9-1-3-10(4-2-9)14(16,17)18/h1-4,11H,5-8H2. The zero-order valence-corrected chi connectivity index (χ0v) is 11.8. The Hall–Kier alpha value is -1.56. The van der Waals surface area contributed by atoms with E-state index in [1.807, 2.05) is 4.57 Å². The Kier molecular flexibility index (Phi) is 3.65. The number of rotatable bonds is 4. The second-order valence-corrected chi connectivity index (χ2v) is 5.41. The molecule has 1 heterocycles. The lowest BCUT2D eigenvalue weighted by molar-refractivity contribution is -0.137. The zero-order valence-electron chi connectivity index (χ0n) is 11.1. The molecular weight excluding hydrogens is 303 g/mol. The van der Waals surface area contributed by atoms with Crippen molar-refractivity contribution in [2.75, 3.05) is 0 Å². The van der Waals surface area contributed by atoms with Crippen LogP contribution in [0.5, 0.6) is 0 Å². The molecule has 0 unspecified atom stereocenters. The maximum absolute atomic E-state index is 12.5. The van der Waals surface area contributed by atoms with Crippen molar-refractivity contribution in [1.82, 2.24) is 14.8 Å². The number of aromatic nitrogens is 3. The van der Waals surface area contributed by atoms with Gasteiger partial charge in [-0.2, -0.15) is 13.2 Å². The highest BCUT2D eigenvalue weighted by Crippen LogP contribution is 2.37. The second kappa shape index (κ2) is 5.33. The van der Waals surface area contributed by atoms with E-state index in [2.05, 4.69) is 10.2 Å². The zero-order chi connectivity index (χ0) is 15.0. The van der Waals surface area contributed by atoms with Gasteiger partial charge in [0.1, 0.15) is 11.6 Å². The third kappa shape index (κ3) is 3.05. The molecular formula is C14H13ClF3N3. The first-order valence-electron chi connectivity index (χ1n) is 6.64. The minimum absolute atomic E-state index is 0.288. The first-order chi connectivity index (χ1) is 9.99. The van der Waals surface area contributed by atoms with Gasteiger partial charge in [0.25, 0.3) is 0 Å². The van der Waals surface area contributed by atoms with Gasteiger partial charge in [-0.25, -0.2) is 0 Å². The van der Waals surface area contributed by atoms with Gasteiger partial charge in [-0.3, -0.25) is 0 Å². The fourth-order valence-corrected chi connectivity index (χ4v) is 2.50. The van der Waals surface area contributed by atoms with Crippen molar-refractivity contribution < 1.29 is 13.2 Å². The molecule has 0 saturated heterocycles. The summed E-state index contributed by atoms with van der Waals surface area (Å²) in [6.45, 7) is 0. The molecule has 7 heteroatoms. The van der Waals surface area contributed by atoms with Crippen molar-refractivity contribution >= 4 is 11.6 Å². The van der Waals surface area contributed by atoms with Crippen LogP contribution in [-0.4, -0.2) is 14.8 Å². The SMILES string of the molecule is FC(F)(F)c1ccc(Cc2nnc(CCl)n2C2CC2)cc1. The van der Waals surface area contributed by atoms with Crippen molar-refractivity contribution in [3.05, 3.63) is 47.0 Å². The molecule has 0 atom stereocenters. The molecule has 0 amide bonds. The van der Waals surface area contributed by atoms with E-state index >= 15 is 0 Å². The van der Waals surface area contributed by atoms with E-state index < -0.39 is 11.7 Å². The van der Waals surface area contributed by atoms with Crippen LogP contribution in [0.2, 0.25) is 0 Å². The summed E-state index contributed by atoms with van der Waals surface area (Å²) < 4.78 is 39.6. The largest absolute Gasteiger partial charge is 0.416 e. The van der Waals surface area contributed by atoms with Crippen LogP contribution in [0.4, 0.5) is 13.2 Å². The molecule has 21 heavy (non-hydrogen) atoms. The smallest absolute Gasteiger partial charge is 0.311 e. The van der Waals surface area contributed by atoms with Crippen LogP contribution in [0, 0.1) is 0 Å². The minimum atomic E-state index is -4.31. The number of nitrogens with zero attached hydrogens (tertiary/aromatic N) is 3. The van der Waals surface area contributed by atoms with Crippen molar-refractivity contribution in [2.24, 2.45) is 0 Å². The van der Waals surface area contributed by atoms with Gasteiger partial charge in [-0.15, -0.1) is 21.8 Å². The van der Waals surface area contributed by atoms with E-state index in [1.165, 1.54) is 12.1 Å². The fourth-order valence-electron chi connectivity index (χ4n) is 2.32. The number of halogens is 4. The highest BCUT2D eigenvalue weighted by atomic mass is 35.5. The Balaban J connectivity index is 1.82. The fraction of sp³-hybridized carbons (Fsp3) is 0.429. The number of alkyl halides is 4. The van der Waals surface area contributed by atoms with E-state index in [0.29, 0.717) is 12.5 Å². The Bertz CT molecular complexity index is 630. The minimum Gasteiger partial charge on any atom is -0.311 e. The van der Waals surface area contributed by atoms with Gasteiger partial charge in [0.2, 0.25) is 0 Å². The summed E-state index contributed by atoms with van der Waals surface area (Å²) >= 11 is 5.84. The lowest BCUT2D eigenvalue weighted by Crippen LogP contribution is -2.07. The van der Waals surface area contributed by atoms with E-state index in [9.17, 15) is 13.2 Å². The van der Waals surface area contributed by atoms with Gasteiger partial charge >= 0.3 is 6.18 Å². The maximum atomic E-state index is 12.5. The third-order valence-electron chi connectivity index (χ3n) is 3.51. The van der Waals surface area contributed by atoms with E-state index in [0.717, 1.165) is 42.2 Å². The van der Waals surface area contributed by atoms with Gasteiger partial charge in [-0.05, 0) is 30.5 Å². The summed E-state index contributed by atoms with van der Waals surface area (Å²) in [5.74, 6) is 1.77. The van der Waals surface area contributed by atoms with E-state index in [1.54, 1.807) is 0 Å². The molecule has 3 rings (SSSR count). The first-order valence-corrected chi connectivity index (χ1v) is 7.17. The molecule has 0 N–H and O–H groups in total. The summed E-state index contributed by atoms with van der Waals surface area (Å²) in [5.41, 5.74) is 0.134. The first kappa shape index (κ1) is 14.4. The average molecular weight is 316 g/mol. The summed E-state index contributed by atoms with van der Waals surface area (Å²) in [5, 5.41) is 8.17. The molecule has 0 radical (unpaired) electrons. The van der Waals surface area contributed by atoms with Crippen LogP contribution in [-0.2, 0) is 18.5 Å². The topological polar surface area (TPSA) is 30.7 Å². The molecule has 1 aromatic heterocycles. The molecule has 1 aliphatic rings. The van der Waals surface area contributed by atoms with Crippen molar-refractivity contribution in [3.63, 3.8) is 0 Å². The van der Waals surface area contributed by atoms with Crippen molar-refractivity contribution in [2.45, 2.75) is 37.4 Å². The molecule has 1 aliphatic carbocycles. The highest BCUT2D eigenvalue weighted by Gasteiger charge is 2.31. The van der Waals surface area contributed by atoms with E-state index in [-0.39, 0.29) is 5.88 Å². The molecule has 0 bridgehead atoms. The van der Waals surface area contributed by atoms with Gasteiger partial charge in [0.05, 0.1) is 11.4 Å². The molecule has 112 valence electrons. The van der Waals surface area contributed by atoms with Crippen molar-refractivity contribution in [1.29, 1.82) is 0 Å². The number of hydrogen-bond acceptors (Lipinski definition) is 2. The molecule has 3 nitrogen and oxygen atoms in total. The summed E-state index contributed by atoms with van der Waals surface area (Å²) in [4.78, 5) is 0. The maximum Gasteiger partial charge on any atom is 0.416 e. The van der Waals surface area contributed by atoms with Gasteiger partial charge in [-0.1, -0.05) is 12.1 Å². The second-order valence-electron chi connectivity index (χ2n) is 5.14.